The highest BCUT2D eigenvalue weighted by Crippen LogP contribution is 2.19. The summed E-state index contributed by atoms with van der Waals surface area (Å²) in [6.07, 6.45) is 1.24. The topological polar surface area (TPSA) is 78.5 Å². The van der Waals surface area contributed by atoms with Crippen molar-refractivity contribution in [3.63, 3.8) is 0 Å². The minimum atomic E-state index is -0.263. The Morgan fingerprint density at radius 2 is 1.48 bits per heavy atom. The molecule has 1 fully saturated rings. The number of hydrogen-bond acceptors (Lipinski definition) is 3. The lowest BCUT2D eigenvalue weighted by atomic mass is 9.95. The minimum Gasteiger partial charge on any atom is -0.343 e. The van der Waals surface area contributed by atoms with Crippen LogP contribution in [0.3, 0.4) is 0 Å². The standard InChI is InChI=1S/C21H23N3O3/c25-19(15-22-20(26)16-7-3-1-4-8-16)24-13-11-17(12-14-24)21(27)23-18-9-5-2-6-10-18/h1-10,17H,11-15H2,(H,22,26)(H,23,27). The lowest BCUT2D eigenvalue weighted by Crippen LogP contribution is -2.45. The molecule has 1 saturated heterocycles. The number of piperidine rings is 1. The monoisotopic (exact) mass is 365 g/mol. The summed E-state index contributed by atoms with van der Waals surface area (Å²) in [5.74, 6) is -0.499. The number of amides is 3. The van der Waals surface area contributed by atoms with Crippen LogP contribution in [0, 0.1) is 5.92 Å². The van der Waals surface area contributed by atoms with Crippen molar-refractivity contribution in [2.75, 3.05) is 25.0 Å². The van der Waals surface area contributed by atoms with Crippen LogP contribution in [0.1, 0.15) is 23.2 Å². The summed E-state index contributed by atoms with van der Waals surface area (Å²) in [6, 6.07) is 18.2. The summed E-state index contributed by atoms with van der Waals surface area (Å²) < 4.78 is 0. The van der Waals surface area contributed by atoms with Crippen molar-refractivity contribution in [1.82, 2.24) is 10.2 Å². The molecule has 3 rings (SSSR count). The van der Waals surface area contributed by atoms with Crippen molar-refractivity contribution in [3.8, 4) is 0 Å². The molecule has 1 aliphatic rings. The van der Waals surface area contributed by atoms with Gasteiger partial charge in [0.1, 0.15) is 0 Å². The molecule has 0 radical (unpaired) electrons. The largest absolute Gasteiger partial charge is 0.343 e. The zero-order chi connectivity index (χ0) is 19.1. The fourth-order valence-corrected chi connectivity index (χ4v) is 3.12. The van der Waals surface area contributed by atoms with Crippen LogP contribution in [0.5, 0.6) is 0 Å². The number of benzene rings is 2. The summed E-state index contributed by atoms with van der Waals surface area (Å²) in [7, 11) is 0. The fourth-order valence-electron chi connectivity index (χ4n) is 3.12. The van der Waals surface area contributed by atoms with Gasteiger partial charge in [0, 0.05) is 30.3 Å². The third-order valence-electron chi connectivity index (χ3n) is 4.70. The molecule has 0 aliphatic carbocycles. The Morgan fingerprint density at radius 1 is 0.889 bits per heavy atom. The first-order valence-corrected chi connectivity index (χ1v) is 9.10. The molecule has 0 bridgehead atoms. The maximum Gasteiger partial charge on any atom is 0.251 e. The fraction of sp³-hybridized carbons (Fsp3) is 0.286. The van der Waals surface area contributed by atoms with Crippen molar-refractivity contribution in [2.45, 2.75) is 12.8 Å². The molecular weight excluding hydrogens is 342 g/mol. The van der Waals surface area contributed by atoms with Gasteiger partial charge in [-0.25, -0.2) is 0 Å². The summed E-state index contributed by atoms with van der Waals surface area (Å²) in [4.78, 5) is 38.4. The molecule has 6 heteroatoms. The third-order valence-corrected chi connectivity index (χ3v) is 4.70. The molecule has 0 saturated carbocycles. The molecule has 140 valence electrons. The number of para-hydroxylation sites is 1. The SMILES string of the molecule is O=C(NCC(=O)N1CCC(C(=O)Nc2ccccc2)CC1)c1ccccc1. The molecule has 1 aliphatic heterocycles. The van der Waals surface area contributed by atoms with E-state index in [-0.39, 0.29) is 30.2 Å². The van der Waals surface area contributed by atoms with Crippen LogP contribution in [0.4, 0.5) is 5.69 Å². The lowest BCUT2D eigenvalue weighted by molar-refractivity contribution is -0.133. The van der Waals surface area contributed by atoms with E-state index in [4.69, 9.17) is 0 Å². The van der Waals surface area contributed by atoms with Gasteiger partial charge in [-0.1, -0.05) is 36.4 Å². The van der Waals surface area contributed by atoms with E-state index in [0.717, 1.165) is 5.69 Å². The second-order valence-corrected chi connectivity index (χ2v) is 6.56. The van der Waals surface area contributed by atoms with Crippen LogP contribution in [0.2, 0.25) is 0 Å². The predicted molar refractivity (Wildman–Crippen MR) is 103 cm³/mol. The van der Waals surface area contributed by atoms with Crippen molar-refractivity contribution in [1.29, 1.82) is 0 Å². The summed E-state index contributed by atoms with van der Waals surface area (Å²) in [6.45, 7) is 1.01. The van der Waals surface area contributed by atoms with Crippen molar-refractivity contribution < 1.29 is 14.4 Å². The molecule has 1 heterocycles. The molecule has 0 atom stereocenters. The van der Waals surface area contributed by atoms with Crippen LogP contribution in [0.15, 0.2) is 60.7 Å². The molecule has 2 aromatic rings. The van der Waals surface area contributed by atoms with Gasteiger partial charge in [-0.05, 0) is 37.1 Å². The zero-order valence-electron chi connectivity index (χ0n) is 15.1. The smallest absolute Gasteiger partial charge is 0.251 e. The van der Waals surface area contributed by atoms with Crippen LogP contribution in [-0.4, -0.2) is 42.3 Å². The average Bonchev–Trinajstić information content (AvgIpc) is 2.73. The summed E-state index contributed by atoms with van der Waals surface area (Å²) in [5.41, 5.74) is 1.31. The van der Waals surface area contributed by atoms with Crippen LogP contribution >= 0.6 is 0 Å². The van der Waals surface area contributed by atoms with Crippen molar-refractivity contribution in [2.24, 2.45) is 5.92 Å². The number of likely N-dealkylation sites (tertiary alicyclic amines) is 1. The number of carbonyl (C=O) groups is 3. The third kappa shape index (κ3) is 5.17. The van der Waals surface area contributed by atoms with Gasteiger partial charge in [-0.3, -0.25) is 14.4 Å². The Bertz CT molecular complexity index is 785. The van der Waals surface area contributed by atoms with Crippen LogP contribution < -0.4 is 10.6 Å². The molecule has 3 amide bonds. The van der Waals surface area contributed by atoms with Gasteiger partial charge in [0.05, 0.1) is 6.54 Å². The predicted octanol–water partition coefficient (Wildman–Crippen LogP) is 2.29. The number of anilines is 1. The maximum absolute atomic E-state index is 12.3. The number of nitrogens with zero attached hydrogens (tertiary/aromatic N) is 1. The van der Waals surface area contributed by atoms with E-state index in [1.165, 1.54) is 0 Å². The van der Waals surface area contributed by atoms with Gasteiger partial charge >= 0.3 is 0 Å². The quantitative estimate of drug-likeness (QED) is 0.853. The van der Waals surface area contributed by atoms with Crippen molar-refractivity contribution >= 4 is 23.4 Å². The van der Waals surface area contributed by atoms with Gasteiger partial charge in [0.25, 0.3) is 5.91 Å². The normalized spacial score (nSPS) is 14.4. The lowest BCUT2D eigenvalue weighted by Gasteiger charge is -2.31. The first-order valence-electron chi connectivity index (χ1n) is 9.10. The Hall–Kier alpha value is -3.15. The first kappa shape index (κ1) is 18.6. The molecule has 2 N–H and O–H groups in total. The average molecular weight is 365 g/mol. The molecular formula is C21H23N3O3. The Labute approximate surface area is 158 Å². The van der Waals surface area contributed by atoms with Crippen LogP contribution in [-0.2, 0) is 9.59 Å². The van der Waals surface area contributed by atoms with Crippen molar-refractivity contribution in [3.05, 3.63) is 66.2 Å². The Balaban J connectivity index is 1.42. The summed E-state index contributed by atoms with van der Waals surface area (Å²) >= 11 is 0. The van der Waals surface area contributed by atoms with E-state index in [0.29, 0.717) is 31.5 Å². The van der Waals surface area contributed by atoms with E-state index in [2.05, 4.69) is 10.6 Å². The van der Waals surface area contributed by atoms with E-state index in [1.54, 1.807) is 29.2 Å². The van der Waals surface area contributed by atoms with Gasteiger partial charge < -0.3 is 15.5 Å². The minimum absolute atomic E-state index is 0.00863. The van der Waals surface area contributed by atoms with Gasteiger partial charge in [-0.2, -0.15) is 0 Å². The highest BCUT2D eigenvalue weighted by molar-refractivity contribution is 5.96. The number of hydrogen-bond donors (Lipinski definition) is 2. The van der Waals surface area contributed by atoms with E-state index in [1.807, 2.05) is 36.4 Å². The first-order chi connectivity index (χ1) is 13.1. The Kier molecular flexibility index (Phi) is 6.20. The molecule has 0 unspecified atom stereocenters. The highest BCUT2D eigenvalue weighted by atomic mass is 16.2. The highest BCUT2D eigenvalue weighted by Gasteiger charge is 2.27. The molecule has 2 aromatic carbocycles. The molecule has 0 spiro atoms. The Morgan fingerprint density at radius 3 is 2.11 bits per heavy atom. The van der Waals surface area contributed by atoms with Gasteiger partial charge in [0.2, 0.25) is 11.8 Å². The van der Waals surface area contributed by atoms with Gasteiger partial charge in [0.15, 0.2) is 0 Å². The second kappa shape index (κ2) is 8.98. The molecule has 27 heavy (non-hydrogen) atoms. The van der Waals surface area contributed by atoms with Crippen LogP contribution in [0.25, 0.3) is 0 Å². The number of rotatable bonds is 5. The summed E-state index contributed by atoms with van der Waals surface area (Å²) in [5, 5.41) is 5.57. The zero-order valence-corrected chi connectivity index (χ0v) is 15.1. The van der Waals surface area contributed by atoms with E-state index in [9.17, 15) is 14.4 Å². The molecule has 0 aromatic heterocycles. The van der Waals surface area contributed by atoms with E-state index < -0.39 is 0 Å². The molecule has 6 nitrogen and oxygen atoms in total. The number of nitrogens with one attached hydrogen (secondary N) is 2. The van der Waals surface area contributed by atoms with Gasteiger partial charge in [-0.15, -0.1) is 0 Å². The van der Waals surface area contributed by atoms with E-state index >= 15 is 0 Å². The second-order valence-electron chi connectivity index (χ2n) is 6.56. The number of carbonyl (C=O) groups excluding carboxylic acids is 3. The maximum atomic E-state index is 12.3.